The molecule has 1 aliphatic heterocycles. The van der Waals surface area contributed by atoms with Crippen LogP contribution in [0, 0.1) is 0 Å². The summed E-state index contributed by atoms with van der Waals surface area (Å²) in [6.45, 7) is 5.68. The summed E-state index contributed by atoms with van der Waals surface area (Å²) in [7, 11) is 1.69. The van der Waals surface area contributed by atoms with Gasteiger partial charge in [0.05, 0.1) is 12.0 Å². The van der Waals surface area contributed by atoms with Gasteiger partial charge in [-0.15, -0.1) is 0 Å². The van der Waals surface area contributed by atoms with Gasteiger partial charge in [-0.05, 0) is 61.2 Å². The fourth-order valence-electron chi connectivity index (χ4n) is 2.22. The average Bonchev–Trinajstić information content (AvgIpc) is 2.91. The summed E-state index contributed by atoms with van der Waals surface area (Å²) >= 11 is 1.52. The van der Waals surface area contributed by atoms with Crippen molar-refractivity contribution in [1.29, 1.82) is 0 Å². The van der Waals surface area contributed by atoms with Crippen molar-refractivity contribution in [3.8, 4) is 5.75 Å². The summed E-state index contributed by atoms with van der Waals surface area (Å²) < 4.78 is 8.76. The SMILES string of the molecule is C/C=C\C(O)=C/C(C)NSc1cc2c(cc1OC)CNC2. The molecule has 0 saturated heterocycles. The lowest BCUT2D eigenvalue weighted by atomic mass is 10.1. The highest BCUT2D eigenvalue weighted by Gasteiger charge is 2.15. The van der Waals surface area contributed by atoms with Gasteiger partial charge >= 0.3 is 0 Å². The highest BCUT2D eigenvalue weighted by molar-refractivity contribution is 7.97. The van der Waals surface area contributed by atoms with E-state index in [1.165, 1.54) is 23.1 Å². The zero-order valence-electron chi connectivity index (χ0n) is 12.6. The maximum atomic E-state index is 9.64. The second-order valence-electron chi connectivity index (χ2n) is 4.98. The third-order valence-corrected chi connectivity index (χ3v) is 4.26. The molecule has 0 aromatic heterocycles. The number of aliphatic hydroxyl groups excluding tert-OH is 1. The Morgan fingerprint density at radius 2 is 2.14 bits per heavy atom. The van der Waals surface area contributed by atoms with E-state index in [1.54, 1.807) is 19.3 Å². The number of hydrogen-bond acceptors (Lipinski definition) is 5. The van der Waals surface area contributed by atoms with E-state index in [-0.39, 0.29) is 11.8 Å². The molecule has 0 radical (unpaired) electrons. The first-order valence-corrected chi connectivity index (χ1v) is 7.82. The molecule has 0 aliphatic carbocycles. The fraction of sp³-hybridized carbons (Fsp3) is 0.375. The van der Waals surface area contributed by atoms with Crippen molar-refractivity contribution in [3.63, 3.8) is 0 Å². The van der Waals surface area contributed by atoms with Crippen molar-refractivity contribution in [2.75, 3.05) is 7.11 Å². The zero-order valence-corrected chi connectivity index (χ0v) is 13.5. The maximum Gasteiger partial charge on any atom is 0.134 e. The Morgan fingerprint density at radius 1 is 1.43 bits per heavy atom. The summed E-state index contributed by atoms with van der Waals surface area (Å²) in [6.07, 6.45) is 5.25. The summed E-state index contributed by atoms with van der Waals surface area (Å²) in [5, 5.41) is 13.0. The molecule has 0 amide bonds. The van der Waals surface area contributed by atoms with Gasteiger partial charge < -0.3 is 15.2 Å². The molecule has 1 aromatic rings. The van der Waals surface area contributed by atoms with E-state index in [0.717, 1.165) is 23.7 Å². The molecule has 0 fully saturated rings. The number of aliphatic hydroxyl groups is 1. The van der Waals surface area contributed by atoms with Crippen molar-refractivity contribution in [2.45, 2.75) is 37.9 Å². The van der Waals surface area contributed by atoms with E-state index in [1.807, 2.05) is 19.9 Å². The zero-order chi connectivity index (χ0) is 15.2. The van der Waals surface area contributed by atoms with Crippen molar-refractivity contribution in [1.82, 2.24) is 10.0 Å². The van der Waals surface area contributed by atoms with E-state index < -0.39 is 0 Å². The number of rotatable bonds is 6. The lowest BCUT2D eigenvalue weighted by molar-refractivity contribution is 0.404. The summed E-state index contributed by atoms with van der Waals surface area (Å²) in [5.41, 5.74) is 2.62. The second kappa shape index (κ2) is 7.54. The van der Waals surface area contributed by atoms with E-state index in [0.29, 0.717) is 0 Å². The molecule has 1 atom stereocenters. The predicted molar refractivity (Wildman–Crippen MR) is 87.5 cm³/mol. The number of hydrogen-bond donors (Lipinski definition) is 3. The van der Waals surface area contributed by atoms with Crippen LogP contribution in [0.1, 0.15) is 25.0 Å². The first-order chi connectivity index (χ1) is 10.1. The fourth-order valence-corrected chi connectivity index (χ4v) is 3.04. The van der Waals surface area contributed by atoms with Crippen molar-refractivity contribution in [3.05, 3.63) is 47.2 Å². The highest BCUT2D eigenvalue weighted by atomic mass is 32.2. The quantitative estimate of drug-likeness (QED) is 0.428. The van der Waals surface area contributed by atoms with Gasteiger partial charge in [0, 0.05) is 19.1 Å². The van der Waals surface area contributed by atoms with Crippen LogP contribution in [0.15, 0.2) is 41.0 Å². The molecule has 0 saturated carbocycles. The Kier molecular flexibility index (Phi) is 5.73. The lowest BCUT2D eigenvalue weighted by Gasteiger charge is -2.13. The van der Waals surface area contributed by atoms with Crippen LogP contribution in [-0.2, 0) is 13.1 Å². The molecule has 2 rings (SSSR count). The topological polar surface area (TPSA) is 53.5 Å². The van der Waals surface area contributed by atoms with Crippen LogP contribution < -0.4 is 14.8 Å². The van der Waals surface area contributed by atoms with E-state index in [2.05, 4.69) is 22.2 Å². The first-order valence-electron chi connectivity index (χ1n) is 7.00. The van der Waals surface area contributed by atoms with Gasteiger partial charge in [0.25, 0.3) is 0 Å². The number of benzene rings is 1. The van der Waals surface area contributed by atoms with Crippen LogP contribution in [0.25, 0.3) is 0 Å². The molecule has 0 bridgehead atoms. The average molecular weight is 306 g/mol. The number of nitrogens with one attached hydrogen (secondary N) is 2. The van der Waals surface area contributed by atoms with E-state index in [4.69, 9.17) is 4.74 Å². The van der Waals surface area contributed by atoms with Crippen molar-refractivity contribution >= 4 is 11.9 Å². The van der Waals surface area contributed by atoms with Crippen LogP contribution >= 0.6 is 11.9 Å². The van der Waals surface area contributed by atoms with Gasteiger partial charge in [-0.1, -0.05) is 6.08 Å². The summed E-state index contributed by atoms with van der Waals surface area (Å²) in [6, 6.07) is 4.30. The Balaban J connectivity index is 2.04. The molecular weight excluding hydrogens is 284 g/mol. The Hall–Kier alpha value is -1.43. The van der Waals surface area contributed by atoms with Gasteiger partial charge in [0.2, 0.25) is 0 Å². The smallest absolute Gasteiger partial charge is 0.134 e. The van der Waals surface area contributed by atoms with Crippen molar-refractivity contribution in [2.24, 2.45) is 0 Å². The minimum atomic E-state index is 0.0438. The Labute approximate surface area is 130 Å². The predicted octanol–water partition coefficient (Wildman–Crippen LogP) is 3.30. The normalized spacial score (nSPS) is 16.2. The molecule has 114 valence electrons. The first kappa shape index (κ1) is 15.9. The monoisotopic (exact) mass is 306 g/mol. The van der Waals surface area contributed by atoms with Gasteiger partial charge in [-0.2, -0.15) is 0 Å². The molecule has 4 nitrogen and oxygen atoms in total. The maximum absolute atomic E-state index is 9.64. The third-order valence-electron chi connectivity index (χ3n) is 3.23. The number of methoxy groups -OCH3 is 1. The Bertz CT molecular complexity index is 555. The van der Waals surface area contributed by atoms with Gasteiger partial charge in [0.1, 0.15) is 11.5 Å². The van der Waals surface area contributed by atoms with Crippen LogP contribution in [-0.4, -0.2) is 18.3 Å². The summed E-state index contributed by atoms with van der Waals surface area (Å²) in [4.78, 5) is 1.06. The second-order valence-corrected chi connectivity index (χ2v) is 5.86. The largest absolute Gasteiger partial charge is 0.508 e. The molecule has 3 N–H and O–H groups in total. The summed E-state index contributed by atoms with van der Waals surface area (Å²) in [5.74, 6) is 1.15. The highest BCUT2D eigenvalue weighted by Crippen LogP contribution is 2.32. The number of ether oxygens (including phenoxy) is 1. The van der Waals surface area contributed by atoms with Gasteiger partial charge in [-0.25, -0.2) is 0 Å². The molecule has 1 unspecified atom stereocenters. The molecule has 1 heterocycles. The Morgan fingerprint density at radius 3 is 2.81 bits per heavy atom. The molecule has 1 aromatic carbocycles. The van der Waals surface area contributed by atoms with Crippen molar-refractivity contribution < 1.29 is 9.84 Å². The van der Waals surface area contributed by atoms with E-state index >= 15 is 0 Å². The van der Waals surface area contributed by atoms with Crippen LogP contribution in [0.3, 0.4) is 0 Å². The number of fused-ring (bicyclic) bond motifs is 1. The molecular formula is C16H22N2O2S. The molecule has 21 heavy (non-hydrogen) atoms. The number of allylic oxidation sites excluding steroid dienone is 2. The van der Waals surface area contributed by atoms with Crippen LogP contribution in [0.4, 0.5) is 0 Å². The van der Waals surface area contributed by atoms with Gasteiger partial charge in [0.15, 0.2) is 0 Å². The standard InChI is InChI=1S/C16H22N2O2S/c1-4-5-14(19)6-11(2)18-21-16-8-13-10-17-9-12(13)7-15(16)20-3/h4-8,11,17-19H,9-10H2,1-3H3/b5-4-,14-6+. The molecule has 1 aliphatic rings. The minimum Gasteiger partial charge on any atom is -0.508 e. The van der Waals surface area contributed by atoms with Crippen LogP contribution in [0.2, 0.25) is 0 Å². The molecule has 0 spiro atoms. The lowest BCUT2D eigenvalue weighted by Crippen LogP contribution is -2.16. The molecule has 5 heteroatoms. The van der Waals surface area contributed by atoms with Crippen LogP contribution in [0.5, 0.6) is 5.75 Å². The van der Waals surface area contributed by atoms with E-state index in [9.17, 15) is 5.11 Å². The third kappa shape index (κ3) is 4.27. The van der Waals surface area contributed by atoms with Gasteiger partial charge in [-0.3, -0.25) is 4.72 Å². The minimum absolute atomic E-state index is 0.0438.